The molecule has 1 aromatic carbocycles. The Morgan fingerprint density at radius 1 is 1.17 bits per heavy atom. The molecule has 1 unspecified atom stereocenters. The van der Waals surface area contributed by atoms with Crippen LogP contribution in [0.3, 0.4) is 0 Å². The third-order valence-corrected chi connectivity index (χ3v) is 4.43. The first-order valence-corrected chi connectivity index (χ1v) is 8.18. The van der Waals surface area contributed by atoms with Gasteiger partial charge in [-0.1, -0.05) is 31.0 Å². The predicted octanol–water partition coefficient (Wildman–Crippen LogP) is 3.61. The summed E-state index contributed by atoms with van der Waals surface area (Å²) >= 11 is 0. The van der Waals surface area contributed by atoms with Gasteiger partial charge in [-0.3, -0.25) is 9.78 Å². The Morgan fingerprint density at radius 2 is 1.91 bits per heavy atom. The van der Waals surface area contributed by atoms with E-state index in [9.17, 15) is 9.18 Å². The van der Waals surface area contributed by atoms with Gasteiger partial charge in [-0.05, 0) is 42.7 Å². The third-order valence-electron chi connectivity index (χ3n) is 4.43. The van der Waals surface area contributed by atoms with Crippen LogP contribution in [0.25, 0.3) is 0 Å². The second kappa shape index (κ2) is 7.36. The number of amides is 1. The van der Waals surface area contributed by atoms with E-state index < -0.39 is 0 Å². The van der Waals surface area contributed by atoms with Crippen LogP contribution in [0.4, 0.5) is 4.39 Å². The van der Waals surface area contributed by atoms with Crippen molar-refractivity contribution in [3.8, 4) is 0 Å². The summed E-state index contributed by atoms with van der Waals surface area (Å²) in [5.41, 5.74) is 1.69. The number of rotatable bonds is 5. The summed E-state index contributed by atoms with van der Waals surface area (Å²) in [6.45, 7) is 0. The first-order valence-electron chi connectivity index (χ1n) is 8.18. The van der Waals surface area contributed by atoms with Crippen molar-refractivity contribution in [1.29, 1.82) is 0 Å². The van der Waals surface area contributed by atoms with Gasteiger partial charge < -0.3 is 5.32 Å². The molecule has 0 radical (unpaired) electrons. The number of carbonyl (C=O) groups excluding carboxylic acids is 1. The lowest BCUT2D eigenvalue weighted by atomic mass is 9.92. The number of carbonyl (C=O) groups is 1. The average Bonchev–Trinajstić information content (AvgIpc) is 3.07. The Morgan fingerprint density at radius 3 is 2.57 bits per heavy atom. The van der Waals surface area contributed by atoms with Gasteiger partial charge in [-0.2, -0.15) is 0 Å². The van der Waals surface area contributed by atoms with Crippen molar-refractivity contribution in [3.05, 3.63) is 65.7 Å². The fraction of sp³-hybridized carbons (Fsp3) is 0.368. The topological polar surface area (TPSA) is 42.0 Å². The summed E-state index contributed by atoms with van der Waals surface area (Å²) in [5, 5.41) is 3.15. The van der Waals surface area contributed by atoms with E-state index in [4.69, 9.17) is 0 Å². The number of hydrogen-bond acceptors (Lipinski definition) is 2. The number of halogens is 1. The van der Waals surface area contributed by atoms with E-state index in [-0.39, 0.29) is 23.7 Å². The van der Waals surface area contributed by atoms with Crippen LogP contribution in [-0.2, 0) is 11.2 Å². The van der Waals surface area contributed by atoms with Gasteiger partial charge in [0, 0.05) is 24.4 Å². The molecule has 0 saturated heterocycles. The standard InChI is InChI=1S/C19H21FN2O/c20-15-10-8-14(9-11-15)18(13-17-7-3-4-12-21-17)19(23)22-16-5-1-2-6-16/h3-4,7-12,16,18H,1-2,5-6,13H2,(H,22,23). The molecule has 1 fully saturated rings. The summed E-state index contributed by atoms with van der Waals surface area (Å²) in [6.07, 6.45) is 6.69. The highest BCUT2D eigenvalue weighted by molar-refractivity contribution is 5.84. The van der Waals surface area contributed by atoms with Crippen molar-refractivity contribution in [1.82, 2.24) is 10.3 Å². The van der Waals surface area contributed by atoms with Gasteiger partial charge in [0.05, 0.1) is 5.92 Å². The number of benzene rings is 1. The highest BCUT2D eigenvalue weighted by atomic mass is 19.1. The Balaban J connectivity index is 1.79. The van der Waals surface area contributed by atoms with E-state index >= 15 is 0 Å². The highest BCUT2D eigenvalue weighted by Crippen LogP contribution is 2.23. The van der Waals surface area contributed by atoms with Gasteiger partial charge in [0.1, 0.15) is 5.82 Å². The molecule has 1 amide bonds. The van der Waals surface area contributed by atoms with E-state index in [0.717, 1.165) is 24.1 Å². The zero-order chi connectivity index (χ0) is 16.1. The zero-order valence-electron chi connectivity index (χ0n) is 13.0. The second-order valence-electron chi connectivity index (χ2n) is 6.12. The molecule has 2 aromatic rings. The monoisotopic (exact) mass is 312 g/mol. The summed E-state index contributed by atoms with van der Waals surface area (Å²) < 4.78 is 13.2. The SMILES string of the molecule is O=C(NC1CCCC1)C(Cc1ccccn1)c1ccc(F)cc1. The number of pyridine rings is 1. The summed E-state index contributed by atoms with van der Waals surface area (Å²) in [5.74, 6) is -0.623. The van der Waals surface area contributed by atoms with Gasteiger partial charge in [0.25, 0.3) is 0 Å². The maximum absolute atomic E-state index is 13.2. The van der Waals surface area contributed by atoms with Gasteiger partial charge in [0.15, 0.2) is 0 Å². The molecular weight excluding hydrogens is 291 g/mol. The Labute approximate surface area is 135 Å². The largest absolute Gasteiger partial charge is 0.353 e. The minimum Gasteiger partial charge on any atom is -0.353 e. The van der Waals surface area contributed by atoms with E-state index in [1.54, 1.807) is 18.3 Å². The Hall–Kier alpha value is -2.23. The normalized spacial score (nSPS) is 16.2. The van der Waals surface area contributed by atoms with Crippen molar-refractivity contribution in [2.24, 2.45) is 0 Å². The summed E-state index contributed by atoms with van der Waals surface area (Å²) in [4.78, 5) is 17.1. The van der Waals surface area contributed by atoms with Gasteiger partial charge >= 0.3 is 0 Å². The molecule has 4 heteroatoms. The molecule has 1 aliphatic carbocycles. The van der Waals surface area contributed by atoms with Crippen LogP contribution >= 0.6 is 0 Å². The highest BCUT2D eigenvalue weighted by Gasteiger charge is 2.25. The van der Waals surface area contributed by atoms with Crippen LogP contribution in [0.2, 0.25) is 0 Å². The molecule has 3 rings (SSSR count). The molecule has 3 nitrogen and oxygen atoms in total. The van der Waals surface area contributed by atoms with Crippen LogP contribution in [0, 0.1) is 5.82 Å². The Kier molecular flexibility index (Phi) is 5.01. The lowest BCUT2D eigenvalue weighted by Gasteiger charge is -2.20. The van der Waals surface area contributed by atoms with E-state index in [0.29, 0.717) is 6.42 Å². The third kappa shape index (κ3) is 4.15. The van der Waals surface area contributed by atoms with Crippen molar-refractivity contribution in [2.45, 2.75) is 44.1 Å². The molecular formula is C19H21FN2O. The minimum absolute atomic E-state index is 0.00848. The molecule has 1 heterocycles. The van der Waals surface area contributed by atoms with Crippen molar-refractivity contribution >= 4 is 5.91 Å². The smallest absolute Gasteiger partial charge is 0.228 e. The molecule has 1 saturated carbocycles. The first kappa shape index (κ1) is 15.7. The summed E-state index contributed by atoms with van der Waals surface area (Å²) in [7, 11) is 0. The molecule has 23 heavy (non-hydrogen) atoms. The van der Waals surface area contributed by atoms with E-state index in [1.165, 1.54) is 25.0 Å². The van der Waals surface area contributed by atoms with Gasteiger partial charge in [-0.25, -0.2) is 4.39 Å². The fourth-order valence-corrected chi connectivity index (χ4v) is 3.16. The van der Waals surface area contributed by atoms with Gasteiger partial charge in [0.2, 0.25) is 5.91 Å². The molecule has 120 valence electrons. The fourth-order valence-electron chi connectivity index (χ4n) is 3.16. The predicted molar refractivity (Wildman–Crippen MR) is 87.5 cm³/mol. The molecule has 0 spiro atoms. The number of nitrogens with zero attached hydrogens (tertiary/aromatic N) is 1. The van der Waals surface area contributed by atoms with E-state index in [1.807, 2.05) is 18.2 Å². The number of aromatic nitrogens is 1. The van der Waals surface area contributed by atoms with Crippen LogP contribution < -0.4 is 5.32 Å². The second-order valence-corrected chi connectivity index (χ2v) is 6.12. The van der Waals surface area contributed by atoms with Crippen LogP contribution in [0.15, 0.2) is 48.7 Å². The van der Waals surface area contributed by atoms with Crippen LogP contribution in [0.5, 0.6) is 0 Å². The molecule has 0 aliphatic heterocycles. The Bertz CT molecular complexity index is 636. The maximum atomic E-state index is 13.2. The number of nitrogens with one attached hydrogen (secondary N) is 1. The lowest BCUT2D eigenvalue weighted by Crippen LogP contribution is -2.37. The molecule has 0 bridgehead atoms. The molecule has 1 aliphatic rings. The number of hydrogen-bond donors (Lipinski definition) is 1. The summed E-state index contributed by atoms with van der Waals surface area (Å²) in [6, 6.07) is 12.2. The molecule has 1 N–H and O–H groups in total. The average molecular weight is 312 g/mol. The van der Waals surface area contributed by atoms with E-state index in [2.05, 4.69) is 10.3 Å². The van der Waals surface area contributed by atoms with Crippen LogP contribution in [-0.4, -0.2) is 16.9 Å². The quantitative estimate of drug-likeness (QED) is 0.916. The lowest BCUT2D eigenvalue weighted by molar-refractivity contribution is -0.123. The molecule has 1 atom stereocenters. The maximum Gasteiger partial charge on any atom is 0.228 e. The van der Waals surface area contributed by atoms with Crippen molar-refractivity contribution in [3.63, 3.8) is 0 Å². The van der Waals surface area contributed by atoms with Crippen molar-refractivity contribution in [2.75, 3.05) is 0 Å². The van der Waals surface area contributed by atoms with Gasteiger partial charge in [-0.15, -0.1) is 0 Å². The zero-order valence-corrected chi connectivity index (χ0v) is 13.0. The molecule has 1 aromatic heterocycles. The van der Waals surface area contributed by atoms with Crippen molar-refractivity contribution < 1.29 is 9.18 Å². The minimum atomic E-state index is -0.342. The first-order chi connectivity index (χ1) is 11.2. The van der Waals surface area contributed by atoms with Crippen LogP contribution in [0.1, 0.15) is 42.9 Å².